The van der Waals surface area contributed by atoms with Gasteiger partial charge in [-0.05, 0) is 84.0 Å². The van der Waals surface area contributed by atoms with Crippen LogP contribution >= 0.6 is 15.9 Å². The molecule has 0 spiro atoms. The van der Waals surface area contributed by atoms with E-state index in [2.05, 4.69) is 43.7 Å². The van der Waals surface area contributed by atoms with Crippen molar-refractivity contribution in [3.05, 3.63) is 45.7 Å². The Morgan fingerprint density at radius 2 is 2.21 bits per heavy atom. The smallest absolute Gasteiger partial charge is 0.320 e. The summed E-state index contributed by atoms with van der Waals surface area (Å²) in [6.45, 7) is 1.72. The number of nitrogens with zero attached hydrogens (tertiary/aromatic N) is 2. The van der Waals surface area contributed by atoms with Gasteiger partial charge in [-0.25, -0.2) is 9.97 Å². The Bertz CT molecular complexity index is 967. The normalized spacial score (nSPS) is 20.4. The van der Waals surface area contributed by atoms with Gasteiger partial charge in [0.1, 0.15) is 11.9 Å². The minimum absolute atomic E-state index is 0.0937. The Morgan fingerprint density at radius 3 is 3.03 bits per heavy atom. The first-order valence-corrected chi connectivity index (χ1v) is 12.4. The molecule has 2 aromatic heterocycles. The average molecular weight is 519 g/mol. The lowest BCUT2D eigenvalue weighted by Crippen LogP contribution is -2.38. The van der Waals surface area contributed by atoms with Gasteiger partial charge >= 0.3 is 5.97 Å². The summed E-state index contributed by atoms with van der Waals surface area (Å²) in [6, 6.07) is 5.16. The van der Waals surface area contributed by atoms with E-state index in [4.69, 9.17) is 9.72 Å². The summed E-state index contributed by atoms with van der Waals surface area (Å²) in [5, 5.41) is 25.4. The van der Waals surface area contributed by atoms with Crippen molar-refractivity contribution in [3.8, 4) is 5.88 Å². The second-order valence-electron chi connectivity index (χ2n) is 8.90. The third-order valence-corrected chi connectivity index (χ3v) is 7.18. The highest BCUT2D eigenvalue weighted by atomic mass is 79.9. The molecule has 8 nitrogen and oxygen atoms in total. The summed E-state index contributed by atoms with van der Waals surface area (Å²) in [5.41, 5.74) is 3.22. The predicted octanol–water partition coefficient (Wildman–Crippen LogP) is 3.66. The number of hydrogen-bond donors (Lipinski definition) is 4. The molecule has 1 aliphatic carbocycles. The van der Waals surface area contributed by atoms with Crippen molar-refractivity contribution in [1.29, 1.82) is 0 Å². The molecular formula is C24H31BrN4O4. The van der Waals surface area contributed by atoms with Crippen LogP contribution in [-0.2, 0) is 28.9 Å². The lowest BCUT2D eigenvalue weighted by Gasteiger charge is -2.35. The zero-order valence-electron chi connectivity index (χ0n) is 18.6. The van der Waals surface area contributed by atoms with Crippen LogP contribution in [0.1, 0.15) is 48.9 Å². The highest BCUT2D eigenvalue weighted by molar-refractivity contribution is 9.10. The molecule has 1 aliphatic heterocycles. The highest BCUT2D eigenvalue weighted by Crippen LogP contribution is 2.34. The topological polar surface area (TPSA) is 117 Å². The van der Waals surface area contributed by atoms with Gasteiger partial charge in [0.2, 0.25) is 5.88 Å². The molecule has 4 rings (SSSR count). The number of nitrogens with one attached hydrogen (secondary N) is 2. The van der Waals surface area contributed by atoms with Crippen LogP contribution in [0.5, 0.6) is 5.88 Å². The fraction of sp³-hybridized carbons (Fsp3) is 0.542. The number of carboxylic acid groups (broad SMARTS) is 1. The number of anilines is 1. The zero-order chi connectivity index (χ0) is 23.2. The highest BCUT2D eigenvalue weighted by Gasteiger charge is 2.30. The number of carbonyl (C=O) groups is 1. The lowest BCUT2D eigenvalue weighted by atomic mass is 9.79. The van der Waals surface area contributed by atoms with Gasteiger partial charge in [0.05, 0.1) is 6.10 Å². The van der Waals surface area contributed by atoms with E-state index >= 15 is 0 Å². The fourth-order valence-electron chi connectivity index (χ4n) is 4.41. The monoisotopic (exact) mass is 518 g/mol. The van der Waals surface area contributed by atoms with Gasteiger partial charge in [0.25, 0.3) is 0 Å². The molecule has 1 atom stereocenters. The molecule has 2 aromatic rings. The number of hydrogen-bond acceptors (Lipinski definition) is 7. The molecule has 0 amide bonds. The second-order valence-corrected chi connectivity index (χ2v) is 9.76. The maximum Gasteiger partial charge on any atom is 0.320 e. The lowest BCUT2D eigenvalue weighted by molar-refractivity contribution is -0.140. The van der Waals surface area contributed by atoms with Crippen LogP contribution in [0.2, 0.25) is 0 Å². The largest absolute Gasteiger partial charge is 0.493 e. The number of rotatable bonds is 11. The second kappa shape index (κ2) is 11.3. The Labute approximate surface area is 202 Å². The summed E-state index contributed by atoms with van der Waals surface area (Å²) in [6.07, 6.45) is 8.53. The summed E-state index contributed by atoms with van der Waals surface area (Å²) in [7, 11) is 0. The maximum atomic E-state index is 11.6. The van der Waals surface area contributed by atoms with Crippen molar-refractivity contribution in [2.75, 3.05) is 18.5 Å². The van der Waals surface area contributed by atoms with E-state index in [-0.39, 0.29) is 12.0 Å². The summed E-state index contributed by atoms with van der Waals surface area (Å²) in [5.74, 6) is 0.699. The van der Waals surface area contributed by atoms with Gasteiger partial charge in [-0.1, -0.05) is 6.07 Å². The molecule has 0 radical (unpaired) electrons. The number of ether oxygens (including phenoxy) is 1. The number of halogens is 1. The third-order valence-electron chi connectivity index (χ3n) is 6.47. The molecular weight excluding hydrogens is 488 g/mol. The molecule has 1 saturated carbocycles. The Balaban J connectivity index is 1.13. The molecule has 178 valence electrons. The number of fused-ring (bicyclic) bond motifs is 1. The number of aromatic nitrogens is 2. The number of aromatic hydroxyl groups is 1. The Morgan fingerprint density at radius 1 is 1.36 bits per heavy atom. The van der Waals surface area contributed by atoms with Crippen molar-refractivity contribution in [1.82, 2.24) is 15.3 Å². The first kappa shape index (κ1) is 23.9. The SMILES string of the molecule is O=C(O)[C@H](CCOC1CC(CCc2ccc3c(n2)NCCC3)C1)NCc1cc(O)ncc1Br. The standard InChI is InChI=1S/C24H31BrN4O4/c25-20-14-28-22(30)12-17(20)13-27-21(24(31)32)7-9-33-19-10-15(11-19)3-5-18-6-4-16-2-1-8-26-23(16)29-18/h4,6,12,14-15,19,21,27H,1-3,5,7-11,13H2,(H,26,29)(H,28,30)(H,31,32)/t15?,19?,21-/m0/s1. The number of pyridine rings is 2. The maximum absolute atomic E-state index is 11.6. The molecule has 4 N–H and O–H groups in total. The predicted molar refractivity (Wildman–Crippen MR) is 128 cm³/mol. The van der Waals surface area contributed by atoms with E-state index < -0.39 is 12.0 Å². The minimum atomic E-state index is -0.911. The van der Waals surface area contributed by atoms with Crippen LogP contribution in [0.25, 0.3) is 0 Å². The van der Waals surface area contributed by atoms with Gasteiger partial charge in [-0.15, -0.1) is 0 Å². The molecule has 2 aliphatic rings. The van der Waals surface area contributed by atoms with Crippen molar-refractivity contribution in [3.63, 3.8) is 0 Å². The van der Waals surface area contributed by atoms with E-state index in [1.54, 1.807) is 0 Å². The molecule has 0 bridgehead atoms. The van der Waals surface area contributed by atoms with Crippen LogP contribution in [0.3, 0.4) is 0 Å². The van der Waals surface area contributed by atoms with E-state index in [0.717, 1.165) is 60.2 Å². The van der Waals surface area contributed by atoms with Crippen LogP contribution < -0.4 is 10.6 Å². The molecule has 1 fully saturated rings. The Hall–Kier alpha value is -2.23. The van der Waals surface area contributed by atoms with E-state index in [1.165, 1.54) is 24.2 Å². The van der Waals surface area contributed by atoms with Crippen molar-refractivity contribution in [2.45, 2.75) is 63.6 Å². The van der Waals surface area contributed by atoms with Gasteiger partial charge in [0, 0.05) is 42.1 Å². The van der Waals surface area contributed by atoms with Gasteiger partial charge in [-0.3, -0.25) is 4.79 Å². The molecule has 0 unspecified atom stereocenters. The number of carboxylic acids is 1. The number of aliphatic carboxylic acids is 1. The minimum Gasteiger partial charge on any atom is -0.493 e. The molecule has 0 aromatic carbocycles. The first-order chi connectivity index (χ1) is 16.0. The quantitative estimate of drug-likeness (QED) is 0.356. The zero-order valence-corrected chi connectivity index (χ0v) is 20.2. The summed E-state index contributed by atoms with van der Waals surface area (Å²) < 4.78 is 6.64. The molecule has 0 saturated heterocycles. The van der Waals surface area contributed by atoms with Gasteiger partial charge in [0.15, 0.2) is 0 Å². The molecule has 9 heteroatoms. The molecule has 3 heterocycles. The van der Waals surface area contributed by atoms with Crippen LogP contribution in [0.15, 0.2) is 28.9 Å². The first-order valence-electron chi connectivity index (χ1n) is 11.6. The van der Waals surface area contributed by atoms with Crippen molar-refractivity contribution < 1.29 is 19.7 Å². The van der Waals surface area contributed by atoms with Gasteiger partial charge < -0.3 is 25.6 Å². The van der Waals surface area contributed by atoms with E-state index in [9.17, 15) is 15.0 Å². The van der Waals surface area contributed by atoms with E-state index in [0.29, 0.717) is 25.5 Å². The third kappa shape index (κ3) is 6.65. The Kier molecular flexibility index (Phi) is 8.16. The van der Waals surface area contributed by atoms with Crippen LogP contribution in [0, 0.1) is 5.92 Å². The van der Waals surface area contributed by atoms with Crippen LogP contribution in [0.4, 0.5) is 5.82 Å². The van der Waals surface area contributed by atoms with Gasteiger partial charge in [-0.2, -0.15) is 0 Å². The van der Waals surface area contributed by atoms with Crippen molar-refractivity contribution in [2.24, 2.45) is 5.92 Å². The van der Waals surface area contributed by atoms with E-state index in [1.807, 2.05) is 0 Å². The summed E-state index contributed by atoms with van der Waals surface area (Å²) >= 11 is 3.36. The van der Waals surface area contributed by atoms with Crippen LogP contribution in [-0.4, -0.2) is 51.4 Å². The molecule has 33 heavy (non-hydrogen) atoms. The average Bonchev–Trinajstić information content (AvgIpc) is 2.78. The number of aryl methyl sites for hydroxylation is 2. The fourth-order valence-corrected chi connectivity index (χ4v) is 4.77. The van der Waals surface area contributed by atoms with Crippen molar-refractivity contribution >= 4 is 27.7 Å². The summed E-state index contributed by atoms with van der Waals surface area (Å²) in [4.78, 5) is 20.1.